The minimum Gasteiger partial charge on any atom is -0.491 e. The number of hydrogen-bond acceptors (Lipinski definition) is 7. The zero-order chi connectivity index (χ0) is 20.2. The van der Waals surface area contributed by atoms with E-state index in [1.54, 1.807) is 24.3 Å². The van der Waals surface area contributed by atoms with E-state index in [1.807, 2.05) is 0 Å². The fourth-order valence-electron chi connectivity index (χ4n) is 2.87. The Morgan fingerprint density at radius 3 is 2.25 bits per heavy atom. The summed E-state index contributed by atoms with van der Waals surface area (Å²) in [5.41, 5.74) is 0. The third-order valence-electron chi connectivity index (χ3n) is 4.47. The topological polar surface area (TPSA) is 88.1 Å². The van der Waals surface area contributed by atoms with Gasteiger partial charge in [-0.25, -0.2) is 4.79 Å². The lowest BCUT2D eigenvalue weighted by Crippen LogP contribution is -2.26. The van der Waals surface area contributed by atoms with Crippen molar-refractivity contribution in [3.05, 3.63) is 36.9 Å². The van der Waals surface area contributed by atoms with Crippen molar-refractivity contribution in [2.45, 2.75) is 25.7 Å². The van der Waals surface area contributed by atoms with Crippen LogP contribution in [0.3, 0.4) is 0 Å². The van der Waals surface area contributed by atoms with Crippen LogP contribution < -0.4 is 9.47 Å². The second kappa shape index (κ2) is 11.9. The van der Waals surface area contributed by atoms with Gasteiger partial charge in [-0.2, -0.15) is 0 Å². The molecular weight excluding hydrogens is 364 g/mol. The lowest BCUT2D eigenvalue weighted by Gasteiger charge is -2.23. The molecule has 0 heterocycles. The molecule has 1 saturated carbocycles. The van der Waals surface area contributed by atoms with Crippen LogP contribution in [0.15, 0.2) is 36.9 Å². The summed E-state index contributed by atoms with van der Waals surface area (Å²) in [7, 11) is 0. The van der Waals surface area contributed by atoms with E-state index in [4.69, 9.17) is 18.9 Å². The van der Waals surface area contributed by atoms with Crippen molar-refractivity contribution in [2.24, 2.45) is 11.8 Å². The molecule has 0 N–H and O–H groups in total. The molecular formula is C21H26O7. The molecule has 1 aliphatic carbocycles. The first-order valence-electron chi connectivity index (χ1n) is 9.39. The minimum absolute atomic E-state index is 0.0756. The van der Waals surface area contributed by atoms with Gasteiger partial charge < -0.3 is 23.7 Å². The van der Waals surface area contributed by atoms with Crippen LogP contribution in [-0.2, 0) is 23.9 Å². The summed E-state index contributed by atoms with van der Waals surface area (Å²) < 4.78 is 21.0. The number of benzene rings is 1. The lowest BCUT2D eigenvalue weighted by atomic mass is 9.83. The van der Waals surface area contributed by atoms with Gasteiger partial charge in [-0.1, -0.05) is 6.58 Å². The van der Waals surface area contributed by atoms with E-state index in [0.29, 0.717) is 37.6 Å². The number of rotatable bonds is 11. The Morgan fingerprint density at radius 2 is 1.61 bits per heavy atom. The number of carbonyl (C=O) groups excluding carboxylic acids is 3. The van der Waals surface area contributed by atoms with Gasteiger partial charge in [0, 0.05) is 12.0 Å². The molecule has 0 radical (unpaired) electrons. The monoisotopic (exact) mass is 390 g/mol. The molecule has 2 rings (SSSR count). The lowest BCUT2D eigenvalue weighted by molar-refractivity contribution is -0.141. The summed E-state index contributed by atoms with van der Waals surface area (Å²) in [5.74, 6) is 0.308. The van der Waals surface area contributed by atoms with Crippen molar-refractivity contribution in [3.8, 4) is 11.5 Å². The van der Waals surface area contributed by atoms with Crippen LogP contribution >= 0.6 is 0 Å². The van der Waals surface area contributed by atoms with E-state index in [2.05, 4.69) is 6.58 Å². The van der Waals surface area contributed by atoms with Crippen LogP contribution in [-0.4, -0.2) is 44.7 Å². The Balaban J connectivity index is 1.62. The maximum absolute atomic E-state index is 12.2. The first-order chi connectivity index (χ1) is 13.6. The highest BCUT2D eigenvalue weighted by Gasteiger charge is 2.27. The first kappa shape index (κ1) is 21.6. The maximum atomic E-state index is 12.2. The van der Waals surface area contributed by atoms with Gasteiger partial charge in [-0.05, 0) is 49.9 Å². The van der Waals surface area contributed by atoms with Crippen LogP contribution in [0, 0.1) is 11.8 Å². The fourth-order valence-corrected chi connectivity index (χ4v) is 2.87. The zero-order valence-electron chi connectivity index (χ0n) is 15.8. The molecule has 1 aliphatic rings. The average molecular weight is 390 g/mol. The summed E-state index contributed by atoms with van der Waals surface area (Å²) in [6.45, 7) is 4.45. The summed E-state index contributed by atoms with van der Waals surface area (Å²) in [4.78, 5) is 33.8. The van der Waals surface area contributed by atoms with E-state index in [9.17, 15) is 14.4 Å². The van der Waals surface area contributed by atoms with Gasteiger partial charge in [0.05, 0.1) is 19.1 Å². The molecule has 0 aliphatic heterocycles. The highest BCUT2D eigenvalue weighted by atomic mass is 16.6. The van der Waals surface area contributed by atoms with Crippen molar-refractivity contribution in [1.29, 1.82) is 0 Å². The summed E-state index contributed by atoms with van der Waals surface area (Å²) in [5, 5.41) is 0. The predicted octanol–water partition coefficient (Wildman–Crippen LogP) is 2.72. The second-order valence-corrected chi connectivity index (χ2v) is 6.47. The van der Waals surface area contributed by atoms with E-state index in [0.717, 1.165) is 25.2 Å². The quantitative estimate of drug-likeness (QED) is 0.189. The van der Waals surface area contributed by atoms with Gasteiger partial charge >= 0.3 is 11.9 Å². The van der Waals surface area contributed by atoms with Gasteiger partial charge in [0.1, 0.15) is 31.0 Å². The third-order valence-corrected chi connectivity index (χ3v) is 4.47. The van der Waals surface area contributed by atoms with E-state index in [-0.39, 0.29) is 31.0 Å². The highest BCUT2D eigenvalue weighted by molar-refractivity contribution is 5.81. The molecule has 0 aromatic heterocycles. The minimum atomic E-state index is -0.478. The normalized spacial score (nSPS) is 18.7. The molecule has 0 spiro atoms. The SMILES string of the molecule is C=CC(=O)OCCOCCOc1ccc(OC(=O)C2CCC(C=O)CC2)cc1. The Kier molecular flexibility index (Phi) is 9.21. The largest absolute Gasteiger partial charge is 0.491 e. The van der Waals surface area contributed by atoms with Crippen LogP contribution in [0.2, 0.25) is 0 Å². The molecule has 0 saturated heterocycles. The molecule has 0 unspecified atom stereocenters. The predicted molar refractivity (Wildman–Crippen MR) is 101 cm³/mol. The molecule has 7 nitrogen and oxygen atoms in total. The molecule has 0 bridgehead atoms. The Hall–Kier alpha value is -2.67. The Morgan fingerprint density at radius 1 is 0.964 bits per heavy atom. The molecule has 1 aromatic carbocycles. The summed E-state index contributed by atoms with van der Waals surface area (Å²) >= 11 is 0. The standard InChI is InChI=1S/C21H26O7/c1-2-20(23)27-14-12-25-11-13-26-18-7-9-19(10-8-18)28-21(24)17-5-3-16(15-22)4-6-17/h2,7-10,15-17H,1,3-6,11-14H2. The molecule has 1 fully saturated rings. The van der Waals surface area contributed by atoms with Crippen LogP contribution in [0.25, 0.3) is 0 Å². The van der Waals surface area contributed by atoms with Crippen molar-refractivity contribution >= 4 is 18.2 Å². The van der Waals surface area contributed by atoms with Gasteiger partial charge in [-0.15, -0.1) is 0 Å². The maximum Gasteiger partial charge on any atom is 0.330 e. The van der Waals surface area contributed by atoms with Crippen LogP contribution in [0.5, 0.6) is 11.5 Å². The van der Waals surface area contributed by atoms with Crippen molar-refractivity contribution < 1.29 is 33.3 Å². The number of ether oxygens (including phenoxy) is 4. The summed E-state index contributed by atoms with van der Waals surface area (Å²) in [6.07, 6.45) is 4.95. The molecule has 152 valence electrons. The zero-order valence-corrected chi connectivity index (χ0v) is 15.8. The van der Waals surface area contributed by atoms with Gasteiger partial charge in [0.2, 0.25) is 0 Å². The van der Waals surface area contributed by atoms with Gasteiger partial charge in [-0.3, -0.25) is 4.79 Å². The number of esters is 2. The van der Waals surface area contributed by atoms with E-state index in [1.165, 1.54) is 0 Å². The molecule has 1 aromatic rings. The van der Waals surface area contributed by atoms with Gasteiger partial charge in [0.15, 0.2) is 0 Å². The van der Waals surface area contributed by atoms with Crippen LogP contribution in [0.1, 0.15) is 25.7 Å². The van der Waals surface area contributed by atoms with Crippen LogP contribution in [0.4, 0.5) is 0 Å². The molecule has 28 heavy (non-hydrogen) atoms. The Labute approximate surface area is 164 Å². The number of aldehydes is 1. The molecule has 0 atom stereocenters. The molecule has 7 heteroatoms. The van der Waals surface area contributed by atoms with Crippen molar-refractivity contribution in [3.63, 3.8) is 0 Å². The fraction of sp³-hybridized carbons (Fsp3) is 0.476. The highest BCUT2D eigenvalue weighted by Crippen LogP contribution is 2.29. The first-order valence-corrected chi connectivity index (χ1v) is 9.39. The van der Waals surface area contributed by atoms with Gasteiger partial charge in [0.25, 0.3) is 0 Å². The second-order valence-electron chi connectivity index (χ2n) is 6.47. The average Bonchev–Trinajstić information content (AvgIpc) is 2.74. The van der Waals surface area contributed by atoms with Crippen molar-refractivity contribution in [2.75, 3.05) is 26.4 Å². The number of hydrogen-bond donors (Lipinski definition) is 0. The summed E-state index contributed by atoms with van der Waals surface area (Å²) in [6, 6.07) is 6.80. The third kappa shape index (κ3) is 7.52. The number of carbonyl (C=O) groups is 3. The van der Waals surface area contributed by atoms with E-state index >= 15 is 0 Å². The Bertz CT molecular complexity index is 645. The molecule has 0 amide bonds. The smallest absolute Gasteiger partial charge is 0.330 e. The van der Waals surface area contributed by atoms with Crippen molar-refractivity contribution in [1.82, 2.24) is 0 Å². The van der Waals surface area contributed by atoms with E-state index < -0.39 is 5.97 Å².